The van der Waals surface area contributed by atoms with Crippen molar-refractivity contribution < 1.29 is 4.74 Å². The second kappa shape index (κ2) is 4.73. The molecule has 1 aliphatic heterocycles. The smallest absolute Gasteiger partial charge is 0.0839 e. The lowest BCUT2D eigenvalue weighted by Gasteiger charge is -1.99. The Balaban J connectivity index is 1.74. The third-order valence-electron chi connectivity index (χ3n) is 2.11. The summed E-state index contributed by atoms with van der Waals surface area (Å²) in [6, 6.07) is 0. The molecule has 2 heteroatoms. The summed E-state index contributed by atoms with van der Waals surface area (Å²) in [5.41, 5.74) is 0. The molecule has 2 nitrogen and oxygen atoms in total. The molecule has 2 unspecified atom stereocenters. The molecule has 11 heavy (non-hydrogen) atoms. The fourth-order valence-electron chi connectivity index (χ4n) is 1.26. The Bertz CT molecular complexity index is 106. The number of rotatable bonds is 6. The van der Waals surface area contributed by atoms with Crippen LogP contribution in [0.15, 0.2) is 0 Å². The second-order valence-electron chi connectivity index (χ2n) is 3.27. The molecule has 0 bridgehead atoms. The van der Waals surface area contributed by atoms with E-state index in [1.54, 1.807) is 0 Å². The summed E-state index contributed by atoms with van der Waals surface area (Å²) in [4.78, 5) is 0. The maximum atomic E-state index is 5.30. The Morgan fingerprint density at radius 1 is 1.36 bits per heavy atom. The van der Waals surface area contributed by atoms with E-state index in [2.05, 4.69) is 19.2 Å². The van der Waals surface area contributed by atoms with E-state index in [9.17, 15) is 0 Å². The van der Waals surface area contributed by atoms with Crippen LogP contribution in [0.4, 0.5) is 0 Å². The van der Waals surface area contributed by atoms with Gasteiger partial charge in [-0.3, -0.25) is 0 Å². The van der Waals surface area contributed by atoms with Gasteiger partial charge in [0.1, 0.15) is 0 Å². The zero-order chi connectivity index (χ0) is 8.10. The fraction of sp³-hybridized carbons (Fsp3) is 1.00. The number of hydrogen-bond acceptors (Lipinski definition) is 2. The molecule has 0 aromatic rings. The lowest BCUT2D eigenvalue weighted by atomic mass is 10.2. The lowest BCUT2D eigenvalue weighted by Crippen LogP contribution is -2.16. The minimum absolute atomic E-state index is 0.543. The first kappa shape index (κ1) is 9.01. The van der Waals surface area contributed by atoms with Crippen molar-refractivity contribution in [1.82, 2.24) is 5.32 Å². The van der Waals surface area contributed by atoms with E-state index < -0.39 is 0 Å². The summed E-state index contributed by atoms with van der Waals surface area (Å²) >= 11 is 0. The van der Waals surface area contributed by atoms with Crippen molar-refractivity contribution in [2.45, 2.75) is 45.3 Å². The molecular weight excluding hydrogens is 138 g/mol. The summed E-state index contributed by atoms with van der Waals surface area (Å²) < 4.78 is 5.30. The molecule has 0 saturated carbocycles. The van der Waals surface area contributed by atoms with Gasteiger partial charge in [0.15, 0.2) is 0 Å². The Labute approximate surface area is 69.3 Å². The van der Waals surface area contributed by atoms with Crippen molar-refractivity contribution in [1.29, 1.82) is 0 Å². The molecule has 1 rings (SSSR count). The highest BCUT2D eigenvalue weighted by molar-refractivity contribution is 4.79. The molecule has 0 aromatic carbocycles. The zero-order valence-electron chi connectivity index (χ0n) is 7.60. The van der Waals surface area contributed by atoms with E-state index in [0.29, 0.717) is 12.2 Å². The number of hydrogen-bond donors (Lipinski definition) is 1. The van der Waals surface area contributed by atoms with Crippen molar-refractivity contribution in [3.05, 3.63) is 0 Å². The van der Waals surface area contributed by atoms with Crippen LogP contribution in [0, 0.1) is 0 Å². The van der Waals surface area contributed by atoms with Gasteiger partial charge in [-0.1, -0.05) is 6.92 Å². The molecule has 0 spiro atoms. The predicted octanol–water partition coefficient (Wildman–Crippen LogP) is 1.55. The molecule has 1 fully saturated rings. The maximum absolute atomic E-state index is 5.30. The first-order chi connectivity index (χ1) is 5.34. The third-order valence-corrected chi connectivity index (χ3v) is 2.11. The number of epoxide rings is 1. The molecule has 66 valence electrons. The van der Waals surface area contributed by atoms with Crippen molar-refractivity contribution >= 4 is 0 Å². The highest BCUT2D eigenvalue weighted by atomic mass is 16.6. The molecule has 0 amide bonds. The summed E-state index contributed by atoms with van der Waals surface area (Å²) in [7, 11) is 0. The monoisotopic (exact) mass is 157 g/mol. The molecule has 1 heterocycles. The fourth-order valence-corrected chi connectivity index (χ4v) is 1.26. The minimum atomic E-state index is 0.543. The summed E-state index contributed by atoms with van der Waals surface area (Å²) in [5.74, 6) is 0. The van der Waals surface area contributed by atoms with Crippen LogP contribution in [-0.2, 0) is 4.74 Å². The Morgan fingerprint density at radius 3 is 2.64 bits per heavy atom. The van der Waals surface area contributed by atoms with Gasteiger partial charge in [0.05, 0.1) is 12.2 Å². The van der Waals surface area contributed by atoms with Gasteiger partial charge in [0.25, 0.3) is 0 Å². The van der Waals surface area contributed by atoms with Gasteiger partial charge >= 0.3 is 0 Å². The topological polar surface area (TPSA) is 24.6 Å². The van der Waals surface area contributed by atoms with Crippen LogP contribution in [0.5, 0.6) is 0 Å². The van der Waals surface area contributed by atoms with Crippen LogP contribution in [-0.4, -0.2) is 25.3 Å². The minimum Gasteiger partial charge on any atom is -0.370 e. The standard InChI is InChI=1S/C9H19NO/c1-3-6-10-7-4-5-9-8(2)11-9/h8-10H,3-7H2,1-2H3. The van der Waals surface area contributed by atoms with Crippen LogP contribution >= 0.6 is 0 Å². The average Bonchev–Trinajstić information content (AvgIpc) is 2.67. The quantitative estimate of drug-likeness (QED) is 0.467. The first-order valence-electron chi connectivity index (χ1n) is 4.70. The maximum Gasteiger partial charge on any atom is 0.0839 e. The average molecular weight is 157 g/mol. The predicted molar refractivity (Wildman–Crippen MR) is 46.7 cm³/mol. The zero-order valence-corrected chi connectivity index (χ0v) is 7.60. The van der Waals surface area contributed by atoms with Gasteiger partial charge < -0.3 is 10.1 Å². The van der Waals surface area contributed by atoms with Crippen LogP contribution in [0.25, 0.3) is 0 Å². The van der Waals surface area contributed by atoms with E-state index in [-0.39, 0.29) is 0 Å². The first-order valence-corrected chi connectivity index (χ1v) is 4.70. The van der Waals surface area contributed by atoms with Gasteiger partial charge in [0, 0.05) is 0 Å². The molecule has 0 radical (unpaired) electrons. The van der Waals surface area contributed by atoms with Crippen LogP contribution in [0.2, 0.25) is 0 Å². The van der Waals surface area contributed by atoms with Crippen LogP contribution in [0.3, 0.4) is 0 Å². The van der Waals surface area contributed by atoms with Crippen molar-refractivity contribution in [3.63, 3.8) is 0 Å². The van der Waals surface area contributed by atoms with Gasteiger partial charge in [-0.25, -0.2) is 0 Å². The van der Waals surface area contributed by atoms with E-state index in [1.807, 2.05) is 0 Å². The highest BCUT2D eigenvalue weighted by Gasteiger charge is 2.32. The molecule has 2 atom stereocenters. The van der Waals surface area contributed by atoms with E-state index in [0.717, 1.165) is 13.1 Å². The third kappa shape index (κ3) is 3.73. The normalized spacial score (nSPS) is 28.9. The number of ether oxygens (including phenoxy) is 1. The Kier molecular flexibility index (Phi) is 3.87. The molecule has 1 aliphatic rings. The highest BCUT2D eigenvalue weighted by Crippen LogP contribution is 2.24. The van der Waals surface area contributed by atoms with E-state index in [1.165, 1.54) is 19.3 Å². The Hall–Kier alpha value is -0.0800. The van der Waals surface area contributed by atoms with Gasteiger partial charge in [-0.15, -0.1) is 0 Å². The van der Waals surface area contributed by atoms with Crippen molar-refractivity contribution in [2.24, 2.45) is 0 Å². The largest absolute Gasteiger partial charge is 0.370 e. The van der Waals surface area contributed by atoms with E-state index >= 15 is 0 Å². The van der Waals surface area contributed by atoms with Crippen molar-refractivity contribution in [3.8, 4) is 0 Å². The molecule has 1 saturated heterocycles. The van der Waals surface area contributed by atoms with Crippen molar-refractivity contribution in [2.75, 3.05) is 13.1 Å². The van der Waals surface area contributed by atoms with Gasteiger partial charge in [-0.2, -0.15) is 0 Å². The SMILES string of the molecule is CCCNCCCC1OC1C. The van der Waals surface area contributed by atoms with Crippen LogP contribution < -0.4 is 5.32 Å². The number of nitrogens with one attached hydrogen (secondary N) is 1. The molecule has 0 aromatic heterocycles. The molecule has 0 aliphatic carbocycles. The van der Waals surface area contributed by atoms with E-state index in [4.69, 9.17) is 4.74 Å². The summed E-state index contributed by atoms with van der Waals surface area (Å²) in [6.07, 6.45) is 4.85. The summed E-state index contributed by atoms with van der Waals surface area (Å²) in [5, 5.41) is 3.38. The lowest BCUT2D eigenvalue weighted by molar-refractivity contribution is 0.366. The second-order valence-corrected chi connectivity index (χ2v) is 3.27. The van der Waals surface area contributed by atoms with Gasteiger partial charge in [-0.05, 0) is 39.3 Å². The van der Waals surface area contributed by atoms with Gasteiger partial charge in [0.2, 0.25) is 0 Å². The molecular formula is C9H19NO. The Morgan fingerprint density at radius 2 is 2.09 bits per heavy atom. The van der Waals surface area contributed by atoms with Crippen LogP contribution in [0.1, 0.15) is 33.1 Å². The summed E-state index contributed by atoms with van der Waals surface area (Å²) in [6.45, 7) is 6.64. The molecule has 1 N–H and O–H groups in total.